The van der Waals surface area contributed by atoms with Crippen LogP contribution in [-0.4, -0.2) is 24.2 Å². The molecule has 0 spiro atoms. The van der Waals surface area contributed by atoms with Crippen molar-refractivity contribution in [3.05, 3.63) is 29.8 Å². The zero-order chi connectivity index (χ0) is 13.9. The molecule has 0 amide bonds. The van der Waals surface area contributed by atoms with Gasteiger partial charge in [-0.05, 0) is 44.4 Å². The summed E-state index contributed by atoms with van der Waals surface area (Å²) in [5.41, 5.74) is 1.22. The van der Waals surface area contributed by atoms with Crippen molar-refractivity contribution in [2.45, 2.75) is 38.8 Å². The minimum atomic E-state index is -0.0885. The highest BCUT2D eigenvalue weighted by atomic mass is 32.2. The van der Waals surface area contributed by atoms with Crippen molar-refractivity contribution in [3.8, 4) is 5.75 Å². The minimum Gasteiger partial charge on any atom is -0.487 e. The minimum absolute atomic E-state index is 0.0885. The van der Waals surface area contributed by atoms with E-state index in [4.69, 9.17) is 4.74 Å². The van der Waals surface area contributed by atoms with Crippen molar-refractivity contribution in [1.82, 2.24) is 5.32 Å². The van der Waals surface area contributed by atoms with Crippen LogP contribution in [0.3, 0.4) is 0 Å². The number of hydrogen-bond acceptors (Lipinski definition) is 3. The Morgan fingerprint density at radius 1 is 1.42 bits per heavy atom. The van der Waals surface area contributed by atoms with Gasteiger partial charge in [-0.2, -0.15) is 11.8 Å². The molecule has 2 rings (SSSR count). The molecule has 1 aromatic carbocycles. The number of thioether (sulfide) groups is 1. The number of ether oxygens (including phenoxy) is 1. The van der Waals surface area contributed by atoms with Gasteiger partial charge < -0.3 is 10.1 Å². The fourth-order valence-corrected chi connectivity index (χ4v) is 3.36. The predicted octanol–water partition coefficient (Wildman–Crippen LogP) is 3.88. The molecule has 19 heavy (non-hydrogen) atoms. The van der Waals surface area contributed by atoms with Gasteiger partial charge in [0.05, 0.1) is 0 Å². The molecular formula is C16H25NOS. The lowest BCUT2D eigenvalue weighted by atomic mass is 9.89. The smallest absolute Gasteiger partial charge is 0.124 e. The highest BCUT2D eigenvalue weighted by Gasteiger charge is 2.33. The van der Waals surface area contributed by atoms with Gasteiger partial charge in [0, 0.05) is 18.0 Å². The largest absolute Gasteiger partial charge is 0.487 e. The number of rotatable bonds is 5. The van der Waals surface area contributed by atoms with E-state index in [9.17, 15) is 0 Å². The van der Waals surface area contributed by atoms with E-state index < -0.39 is 0 Å². The molecule has 0 bridgehead atoms. The first kappa shape index (κ1) is 14.7. The van der Waals surface area contributed by atoms with E-state index in [-0.39, 0.29) is 5.60 Å². The van der Waals surface area contributed by atoms with Gasteiger partial charge in [0.2, 0.25) is 0 Å². The zero-order valence-corrected chi connectivity index (χ0v) is 13.2. The topological polar surface area (TPSA) is 21.3 Å². The summed E-state index contributed by atoms with van der Waals surface area (Å²) in [6.07, 6.45) is 3.19. The molecule has 0 aromatic heterocycles. The van der Waals surface area contributed by atoms with Crippen LogP contribution in [0.5, 0.6) is 5.75 Å². The van der Waals surface area contributed by atoms with Crippen LogP contribution in [0.4, 0.5) is 0 Å². The van der Waals surface area contributed by atoms with Gasteiger partial charge in [-0.1, -0.05) is 25.1 Å². The van der Waals surface area contributed by atoms with Crippen LogP contribution in [0.25, 0.3) is 0 Å². The first-order chi connectivity index (χ1) is 9.02. The molecular weight excluding hydrogens is 254 g/mol. The van der Waals surface area contributed by atoms with Crippen molar-refractivity contribution in [2.75, 3.05) is 18.6 Å². The average Bonchev–Trinajstić information content (AvgIpc) is 2.35. The Hall–Kier alpha value is -0.670. The Kier molecular flexibility index (Phi) is 4.80. The highest BCUT2D eigenvalue weighted by Crippen LogP contribution is 2.39. The molecule has 0 saturated heterocycles. The monoisotopic (exact) mass is 279 g/mol. The fraction of sp³-hybridized carbons (Fsp3) is 0.625. The quantitative estimate of drug-likeness (QED) is 0.884. The Morgan fingerprint density at radius 3 is 2.89 bits per heavy atom. The molecule has 2 nitrogen and oxygen atoms in total. The maximum absolute atomic E-state index is 6.06. The van der Waals surface area contributed by atoms with Crippen molar-refractivity contribution in [2.24, 2.45) is 5.92 Å². The Morgan fingerprint density at radius 2 is 2.16 bits per heavy atom. The van der Waals surface area contributed by atoms with E-state index in [0.29, 0.717) is 12.0 Å². The third-order valence-corrected chi connectivity index (χ3v) is 4.44. The second-order valence-corrected chi connectivity index (χ2v) is 7.04. The number of hydrogen-bond donors (Lipinski definition) is 1. The molecule has 0 fully saturated rings. The summed E-state index contributed by atoms with van der Waals surface area (Å²) in [7, 11) is 0. The van der Waals surface area contributed by atoms with Crippen LogP contribution in [-0.2, 0) is 0 Å². The van der Waals surface area contributed by atoms with Gasteiger partial charge in [0.1, 0.15) is 11.4 Å². The van der Waals surface area contributed by atoms with E-state index in [2.05, 4.69) is 50.5 Å². The molecule has 106 valence electrons. The number of para-hydroxylation sites is 1. The summed E-state index contributed by atoms with van der Waals surface area (Å²) < 4.78 is 6.06. The van der Waals surface area contributed by atoms with Crippen molar-refractivity contribution < 1.29 is 4.74 Å². The summed E-state index contributed by atoms with van der Waals surface area (Å²) in [4.78, 5) is 0. The summed E-state index contributed by atoms with van der Waals surface area (Å²) in [6, 6.07) is 8.82. The second kappa shape index (κ2) is 6.19. The Labute approximate surface area is 121 Å². The van der Waals surface area contributed by atoms with Crippen LogP contribution < -0.4 is 10.1 Å². The lowest BCUT2D eigenvalue weighted by molar-refractivity contribution is 0.0655. The summed E-state index contributed by atoms with van der Waals surface area (Å²) in [6.45, 7) is 7.71. The van der Waals surface area contributed by atoms with Gasteiger partial charge in [-0.3, -0.25) is 0 Å². The molecule has 3 heteroatoms. The van der Waals surface area contributed by atoms with Crippen LogP contribution in [0.1, 0.15) is 38.8 Å². The number of benzene rings is 1. The molecule has 1 N–H and O–H groups in total. The predicted molar refractivity (Wildman–Crippen MR) is 84.1 cm³/mol. The van der Waals surface area contributed by atoms with E-state index in [1.54, 1.807) is 0 Å². The second-order valence-electron chi connectivity index (χ2n) is 6.13. The highest BCUT2D eigenvalue weighted by molar-refractivity contribution is 7.98. The molecule has 1 aliphatic heterocycles. The molecule has 1 aromatic rings. The van der Waals surface area contributed by atoms with E-state index in [1.807, 2.05) is 17.8 Å². The maximum atomic E-state index is 6.06. The molecule has 0 aliphatic carbocycles. The Balaban J connectivity index is 2.07. The molecule has 1 aliphatic rings. The number of fused-ring (bicyclic) bond motifs is 1. The van der Waals surface area contributed by atoms with E-state index >= 15 is 0 Å². The van der Waals surface area contributed by atoms with Crippen LogP contribution in [0.2, 0.25) is 0 Å². The molecule has 2 atom stereocenters. The van der Waals surface area contributed by atoms with Crippen molar-refractivity contribution >= 4 is 11.8 Å². The lowest BCUT2D eigenvalue weighted by Crippen LogP contribution is -2.40. The molecule has 2 unspecified atom stereocenters. The van der Waals surface area contributed by atoms with Crippen LogP contribution in [0, 0.1) is 5.92 Å². The van der Waals surface area contributed by atoms with Crippen molar-refractivity contribution in [1.29, 1.82) is 0 Å². The molecule has 0 saturated carbocycles. The normalized spacial score (nSPS) is 22.4. The third kappa shape index (κ3) is 3.90. The molecule has 1 heterocycles. The SMILES string of the molecule is CSCC(C)CNC1CC(C)(C)Oc2ccccc21. The summed E-state index contributed by atoms with van der Waals surface area (Å²) >= 11 is 1.92. The fourth-order valence-electron chi connectivity index (χ4n) is 2.67. The van der Waals surface area contributed by atoms with Crippen LogP contribution in [0.15, 0.2) is 24.3 Å². The standard InChI is InChI=1S/C16H25NOS/c1-12(11-19-4)10-17-14-9-16(2,3)18-15-8-6-5-7-13(14)15/h5-8,12,14,17H,9-11H2,1-4H3. The summed E-state index contributed by atoms with van der Waals surface area (Å²) in [5, 5.41) is 3.72. The van der Waals surface area contributed by atoms with Gasteiger partial charge in [0.15, 0.2) is 0 Å². The van der Waals surface area contributed by atoms with Gasteiger partial charge in [0.25, 0.3) is 0 Å². The Bertz CT molecular complexity index is 419. The van der Waals surface area contributed by atoms with E-state index in [1.165, 1.54) is 11.3 Å². The maximum Gasteiger partial charge on any atom is 0.124 e. The zero-order valence-electron chi connectivity index (χ0n) is 12.4. The summed E-state index contributed by atoms with van der Waals surface area (Å²) in [5.74, 6) is 2.95. The van der Waals surface area contributed by atoms with Gasteiger partial charge in [-0.15, -0.1) is 0 Å². The first-order valence-electron chi connectivity index (χ1n) is 7.02. The first-order valence-corrected chi connectivity index (χ1v) is 8.41. The van der Waals surface area contributed by atoms with E-state index in [0.717, 1.165) is 18.7 Å². The van der Waals surface area contributed by atoms with Crippen LogP contribution >= 0.6 is 11.8 Å². The lowest BCUT2D eigenvalue weighted by Gasteiger charge is -2.38. The number of nitrogens with one attached hydrogen (secondary N) is 1. The molecule has 0 radical (unpaired) electrons. The van der Waals surface area contributed by atoms with Gasteiger partial charge >= 0.3 is 0 Å². The van der Waals surface area contributed by atoms with Crippen molar-refractivity contribution in [3.63, 3.8) is 0 Å². The third-order valence-electron chi connectivity index (χ3n) is 3.54. The van der Waals surface area contributed by atoms with Gasteiger partial charge in [-0.25, -0.2) is 0 Å². The average molecular weight is 279 g/mol.